The Bertz CT molecular complexity index is 1260. The molecule has 8 nitrogen and oxygen atoms in total. The summed E-state index contributed by atoms with van der Waals surface area (Å²) in [4.78, 5) is 35.8. The van der Waals surface area contributed by atoms with Gasteiger partial charge in [-0.25, -0.2) is 4.79 Å². The molecule has 220 valence electrons. The van der Waals surface area contributed by atoms with Gasteiger partial charge in [0, 0.05) is 6.92 Å². The summed E-state index contributed by atoms with van der Waals surface area (Å²) in [6.07, 6.45) is 11.3. The summed E-state index contributed by atoms with van der Waals surface area (Å²) in [6.45, 7) is 0.907. The van der Waals surface area contributed by atoms with Gasteiger partial charge in [-0.3, -0.25) is 9.59 Å². The van der Waals surface area contributed by atoms with Crippen molar-refractivity contribution in [3.8, 4) is 0 Å². The lowest BCUT2D eigenvalue weighted by Crippen LogP contribution is -2.25. The standard InChI is InChI=1S/C30H33F3N2O6/c1-21(36)40-18-19-41-29(39)23-14-16-24(17-15-23)35-28(38)26(27(34-35)30(31,32)33)20-25(37)13-9-12-22-10-7-5-3-2-4-6-8-11-22/h9-10,12-17,20,37H,2-8,11,18-19H2,1H3/b12-9+,22-10+,25-13-,26-20+. The van der Waals surface area contributed by atoms with E-state index >= 15 is 0 Å². The number of halogens is 3. The van der Waals surface area contributed by atoms with Crippen molar-refractivity contribution in [1.82, 2.24) is 0 Å². The van der Waals surface area contributed by atoms with Crippen molar-refractivity contribution < 1.29 is 42.1 Å². The summed E-state index contributed by atoms with van der Waals surface area (Å²) >= 11 is 0. The van der Waals surface area contributed by atoms with Crippen LogP contribution < -0.4 is 5.01 Å². The number of hydrazone groups is 1. The van der Waals surface area contributed by atoms with E-state index in [4.69, 9.17) is 4.74 Å². The van der Waals surface area contributed by atoms with Crippen molar-refractivity contribution >= 4 is 29.2 Å². The van der Waals surface area contributed by atoms with Crippen molar-refractivity contribution in [2.24, 2.45) is 5.10 Å². The molecule has 0 unspecified atom stereocenters. The van der Waals surface area contributed by atoms with Gasteiger partial charge in [-0.05, 0) is 62.1 Å². The van der Waals surface area contributed by atoms with Crippen molar-refractivity contribution in [3.05, 3.63) is 77.1 Å². The lowest BCUT2D eigenvalue weighted by molar-refractivity contribution is -0.142. The van der Waals surface area contributed by atoms with Gasteiger partial charge in [0.05, 0.1) is 16.8 Å². The highest BCUT2D eigenvalue weighted by atomic mass is 19.4. The summed E-state index contributed by atoms with van der Waals surface area (Å²) in [5.41, 5.74) is -1.12. The third kappa shape index (κ3) is 9.77. The van der Waals surface area contributed by atoms with E-state index in [0.717, 1.165) is 43.8 Å². The fourth-order valence-electron chi connectivity index (χ4n) is 4.26. The van der Waals surface area contributed by atoms with E-state index in [1.54, 1.807) is 6.08 Å². The number of esters is 2. The Balaban J connectivity index is 1.73. The lowest BCUT2D eigenvalue weighted by Gasteiger charge is -2.12. The van der Waals surface area contributed by atoms with E-state index in [9.17, 15) is 32.7 Å². The smallest absolute Gasteiger partial charge is 0.435 e. The maximum atomic E-state index is 13.8. The van der Waals surface area contributed by atoms with Crippen LogP contribution in [0.5, 0.6) is 0 Å². The number of aliphatic hydroxyl groups excluding tert-OH is 1. The average molecular weight is 575 g/mol. The summed E-state index contributed by atoms with van der Waals surface area (Å²) in [5, 5.41) is 14.4. The number of nitrogens with zero attached hydrogens (tertiary/aromatic N) is 2. The number of aliphatic hydroxyl groups is 1. The Morgan fingerprint density at radius 2 is 1.68 bits per heavy atom. The number of ether oxygens (including phenoxy) is 2. The van der Waals surface area contributed by atoms with Gasteiger partial charge in [-0.2, -0.15) is 23.3 Å². The first-order valence-corrected chi connectivity index (χ1v) is 13.5. The van der Waals surface area contributed by atoms with Crippen LogP contribution in [0, 0.1) is 0 Å². The fourth-order valence-corrected chi connectivity index (χ4v) is 4.26. The molecule has 0 radical (unpaired) electrons. The number of anilines is 1. The molecule has 3 rings (SSSR count). The molecule has 0 saturated carbocycles. The molecule has 0 atom stereocenters. The Morgan fingerprint density at radius 3 is 2.37 bits per heavy atom. The normalized spacial score (nSPS) is 19.6. The quantitative estimate of drug-likeness (QED) is 0.122. The summed E-state index contributed by atoms with van der Waals surface area (Å²) in [5.74, 6) is -2.90. The predicted molar refractivity (Wildman–Crippen MR) is 147 cm³/mol. The zero-order valence-electron chi connectivity index (χ0n) is 22.8. The van der Waals surface area contributed by atoms with Crippen LogP contribution in [-0.4, -0.2) is 48.1 Å². The Hall–Kier alpha value is -4.15. The SMILES string of the molecule is CC(=O)OCCOC(=O)c1ccc(N2N=C(C(F)(F)F)\C(=C/C(O)=C/C=C/C3=C/CCCCCCCC3)C2=O)cc1. The number of hydrogen-bond donors (Lipinski definition) is 1. The highest BCUT2D eigenvalue weighted by molar-refractivity contribution is 6.32. The Morgan fingerprint density at radius 1 is 1.02 bits per heavy atom. The van der Waals surface area contributed by atoms with Crippen molar-refractivity contribution in [1.29, 1.82) is 0 Å². The van der Waals surface area contributed by atoms with Gasteiger partial charge in [0.15, 0.2) is 5.71 Å². The van der Waals surface area contributed by atoms with Crippen molar-refractivity contribution in [3.63, 3.8) is 0 Å². The van der Waals surface area contributed by atoms with E-state index in [0.29, 0.717) is 5.01 Å². The van der Waals surface area contributed by atoms with E-state index in [1.807, 2.05) is 6.08 Å². The molecule has 0 spiro atoms. The molecule has 1 aliphatic heterocycles. The maximum Gasteiger partial charge on any atom is 0.435 e. The second-order valence-electron chi connectivity index (χ2n) is 9.53. The van der Waals surface area contributed by atoms with Crippen molar-refractivity contribution in [2.45, 2.75) is 64.5 Å². The van der Waals surface area contributed by atoms with Crippen LogP contribution in [0.4, 0.5) is 18.9 Å². The first-order valence-electron chi connectivity index (χ1n) is 13.5. The van der Waals surface area contributed by atoms with E-state index < -0.39 is 41.1 Å². The monoisotopic (exact) mass is 574 g/mol. The third-order valence-electron chi connectivity index (χ3n) is 6.31. The molecular weight excluding hydrogens is 541 g/mol. The topological polar surface area (TPSA) is 106 Å². The summed E-state index contributed by atoms with van der Waals surface area (Å²) in [7, 11) is 0. The van der Waals surface area contributed by atoms with E-state index in [1.165, 1.54) is 56.5 Å². The number of alkyl halides is 3. The summed E-state index contributed by atoms with van der Waals surface area (Å²) in [6, 6.07) is 5.01. The minimum atomic E-state index is -4.96. The van der Waals surface area contributed by atoms with E-state index in [-0.39, 0.29) is 24.5 Å². The number of rotatable bonds is 8. The highest BCUT2D eigenvalue weighted by Crippen LogP contribution is 2.32. The van der Waals surface area contributed by atoms with Gasteiger partial charge in [0.1, 0.15) is 19.0 Å². The fraction of sp³-hybridized carbons (Fsp3) is 0.400. The summed E-state index contributed by atoms with van der Waals surface area (Å²) < 4.78 is 50.9. The second-order valence-corrected chi connectivity index (χ2v) is 9.53. The molecule has 0 bridgehead atoms. The molecular formula is C30H33F3N2O6. The number of hydrogen-bond acceptors (Lipinski definition) is 7. The predicted octanol–water partition coefficient (Wildman–Crippen LogP) is 6.66. The van der Waals surface area contributed by atoms with Crippen LogP contribution in [-0.2, 0) is 19.1 Å². The molecule has 1 heterocycles. The molecule has 41 heavy (non-hydrogen) atoms. The first-order chi connectivity index (χ1) is 19.6. The zero-order valence-corrected chi connectivity index (χ0v) is 22.8. The van der Waals surface area contributed by atoms with E-state index in [2.05, 4.69) is 15.9 Å². The van der Waals surface area contributed by atoms with Crippen LogP contribution in [0.25, 0.3) is 0 Å². The van der Waals surface area contributed by atoms with Gasteiger partial charge in [-0.1, -0.05) is 49.5 Å². The van der Waals surface area contributed by atoms with Gasteiger partial charge in [0.25, 0.3) is 5.91 Å². The molecule has 0 aromatic heterocycles. The Labute approximate surface area is 236 Å². The molecule has 0 saturated heterocycles. The Kier molecular flexibility index (Phi) is 11.5. The number of amides is 1. The largest absolute Gasteiger partial charge is 0.508 e. The highest BCUT2D eigenvalue weighted by Gasteiger charge is 2.47. The molecule has 1 aromatic rings. The molecule has 1 aromatic carbocycles. The number of allylic oxidation sites excluding steroid dienone is 6. The molecule has 2 aliphatic rings. The minimum absolute atomic E-state index is 0.0251. The second kappa shape index (κ2) is 15.0. The number of benzene rings is 1. The number of carbonyl (C=O) groups excluding carboxylic acids is 3. The van der Waals surface area contributed by atoms with Gasteiger partial charge >= 0.3 is 18.1 Å². The maximum absolute atomic E-state index is 13.8. The van der Waals surface area contributed by atoms with Gasteiger partial charge in [-0.15, -0.1) is 0 Å². The van der Waals surface area contributed by atoms with Gasteiger partial charge in [0.2, 0.25) is 0 Å². The van der Waals surface area contributed by atoms with Gasteiger partial charge < -0.3 is 14.6 Å². The minimum Gasteiger partial charge on any atom is -0.508 e. The lowest BCUT2D eigenvalue weighted by atomic mass is 10.00. The first kappa shape index (κ1) is 31.4. The van der Waals surface area contributed by atoms with Crippen LogP contribution >= 0.6 is 0 Å². The molecule has 0 fully saturated rings. The molecule has 1 aliphatic carbocycles. The number of carbonyl (C=O) groups is 3. The van der Waals surface area contributed by atoms with Crippen LogP contribution in [0.15, 0.2) is 76.7 Å². The molecule has 11 heteroatoms. The van der Waals surface area contributed by atoms with Crippen LogP contribution in [0.3, 0.4) is 0 Å². The van der Waals surface area contributed by atoms with Crippen LogP contribution in [0.2, 0.25) is 0 Å². The molecule has 1 amide bonds. The average Bonchev–Trinajstić information content (AvgIpc) is 3.26. The molecule has 1 N–H and O–H groups in total. The van der Waals surface area contributed by atoms with Crippen molar-refractivity contribution in [2.75, 3.05) is 18.2 Å². The third-order valence-corrected chi connectivity index (χ3v) is 6.31. The zero-order chi connectivity index (χ0) is 29.8. The van der Waals surface area contributed by atoms with Crippen LogP contribution in [0.1, 0.15) is 68.6 Å².